The number of hydrogen-bond acceptors (Lipinski definition) is 7. The van der Waals surface area contributed by atoms with Gasteiger partial charge in [-0.1, -0.05) is 9.39 Å². The molecule has 0 saturated carbocycles. The molecule has 0 rings (SSSR count). The highest BCUT2D eigenvalue weighted by Crippen LogP contribution is 2.17. The molecule has 9 nitrogen and oxygen atoms in total. The van der Waals surface area contributed by atoms with E-state index in [0.29, 0.717) is 45.5 Å². The lowest BCUT2D eigenvalue weighted by atomic mass is 10.4. The van der Waals surface area contributed by atoms with Gasteiger partial charge >= 0.3 is 14.8 Å². The van der Waals surface area contributed by atoms with Crippen LogP contribution in [0, 0.1) is 0 Å². The first-order valence-electron chi connectivity index (χ1n) is 10.3. The molecule has 0 aromatic rings. The zero-order chi connectivity index (χ0) is 22.5. The molecule has 0 fully saturated rings. The average molecular weight is 455 g/mol. The van der Waals surface area contributed by atoms with Crippen molar-refractivity contribution in [1.29, 1.82) is 0 Å². The number of nitrogens with zero attached hydrogens (tertiary/aromatic N) is 1. The largest absolute Gasteiger partial charge is 0.500 e. The summed E-state index contributed by atoms with van der Waals surface area (Å²) in [7, 11) is 1.71. The molecule has 3 N–H and O–H groups in total. The van der Waals surface area contributed by atoms with Crippen molar-refractivity contribution < 1.29 is 22.9 Å². The second-order valence-electron chi connectivity index (χ2n) is 6.27. The normalized spacial score (nSPS) is 10.9. The summed E-state index contributed by atoms with van der Waals surface area (Å²) in [4.78, 5) is 23.6. The predicted molar refractivity (Wildman–Crippen MR) is 123 cm³/mol. The van der Waals surface area contributed by atoms with Gasteiger partial charge in [0.25, 0.3) is 0 Å². The van der Waals surface area contributed by atoms with E-state index in [1.54, 1.807) is 4.90 Å². The van der Waals surface area contributed by atoms with E-state index in [0.717, 1.165) is 19.5 Å². The van der Waals surface area contributed by atoms with E-state index in [9.17, 15) is 9.59 Å². The standard InChI is InChI=1S/C15H37N4O4PSi.C3H6O/c1-5-21-25(22-6-2,23-7-3)14-8-9-17-15(20)19(12-10-16-4)13-11-18-24;1-3(2)4/h16,18H,5-14,24H2,1-4H3,(H,17,20);1-2H3. The van der Waals surface area contributed by atoms with E-state index in [1.165, 1.54) is 13.8 Å². The number of hydrogen-bond donors (Lipinski definition) is 3. The Morgan fingerprint density at radius 1 is 0.931 bits per heavy atom. The number of urea groups is 1. The SMILES string of the molecule is CC(C)=O.CCO[Si](CCCNC(=O)N(CCNC)CCNP)(OCC)OCC. The number of carbonyl (C=O) groups is 2. The molecule has 0 radical (unpaired) electrons. The molecule has 0 bridgehead atoms. The number of Topliss-reactive ketones (excluding diaryl/α,β-unsaturated/α-hetero) is 1. The van der Waals surface area contributed by atoms with Gasteiger partial charge in [-0.2, -0.15) is 0 Å². The Kier molecular flexibility index (Phi) is 21.8. The van der Waals surface area contributed by atoms with Crippen molar-refractivity contribution in [3.05, 3.63) is 0 Å². The first-order valence-corrected chi connectivity index (χ1v) is 12.8. The lowest BCUT2D eigenvalue weighted by molar-refractivity contribution is -0.115. The van der Waals surface area contributed by atoms with Gasteiger partial charge in [0, 0.05) is 58.6 Å². The van der Waals surface area contributed by atoms with Gasteiger partial charge in [0.1, 0.15) is 5.78 Å². The van der Waals surface area contributed by atoms with Crippen molar-refractivity contribution in [3.63, 3.8) is 0 Å². The fraction of sp³-hybridized carbons (Fsp3) is 0.889. The summed E-state index contributed by atoms with van der Waals surface area (Å²) >= 11 is 0. The average Bonchev–Trinajstić information content (AvgIpc) is 2.65. The first kappa shape index (κ1) is 30.6. The van der Waals surface area contributed by atoms with E-state index in [4.69, 9.17) is 13.3 Å². The molecule has 29 heavy (non-hydrogen) atoms. The van der Waals surface area contributed by atoms with Crippen LogP contribution < -0.4 is 15.7 Å². The molecule has 0 aliphatic carbocycles. The molecule has 0 saturated heterocycles. The summed E-state index contributed by atoms with van der Waals surface area (Å²) in [5.74, 6) is 0.167. The van der Waals surface area contributed by atoms with E-state index < -0.39 is 8.80 Å². The lowest BCUT2D eigenvalue weighted by Crippen LogP contribution is -2.47. The first-order chi connectivity index (χ1) is 13.8. The second kappa shape index (κ2) is 20.7. The second-order valence-corrected chi connectivity index (χ2v) is 9.41. The van der Waals surface area contributed by atoms with E-state index in [1.807, 2.05) is 27.8 Å². The fourth-order valence-electron chi connectivity index (χ4n) is 2.37. The summed E-state index contributed by atoms with van der Waals surface area (Å²) in [5, 5.41) is 9.04. The molecule has 11 heteroatoms. The lowest BCUT2D eigenvalue weighted by Gasteiger charge is -2.28. The summed E-state index contributed by atoms with van der Waals surface area (Å²) in [6, 6.07) is 0.652. The van der Waals surface area contributed by atoms with Crippen LogP contribution in [0.1, 0.15) is 41.0 Å². The van der Waals surface area contributed by atoms with Crippen molar-refractivity contribution in [2.24, 2.45) is 0 Å². The van der Waals surface area contributed by atoms with Crippen LogP contribution in [0.25, 0.3) is 0 Å². The maximum absolute atomic E-state index is 12.3. The molecule has 0 aromatic carbocycles. The van der Waals surface area contributed by atoms with Crippen molar-refractivity contribution >= 4 is 30.0 Å². The van der Waals surface area contributed by atoms with Crippen molar-refractivity contribution in [2.45, 2.75) is 47.1 Å². The Morgan fingerprint density at radius 3 is 1.83 bits per heavy atom. The number of nitrogens with one attached hydrogen (secondary N) is 3. The molecule has 1 atom stereocenters. The monoisotopic (exact) mass is 454 g/mol. The molecule has 0 spiro atoms. The zero-order valence-corrected chi connectivity index (χ0v) is 21.3. The van der Waals surface area contributed by atoms with Gasteiger partial charge in [-0.15, -0.1) is 0 Å². The quantitative estimate of drug-likeness (QED) is 0.185. The summed E-state index contributed by atoms with van der Waals surface area (Å²) in [5.41, 5.74) is 0. The van der Waals surface area contributed by atoms with Crippen LogP contribution in [0.3, 0.4) is 0 Å². The van der Waals surface area contributed by atoms with Crippen LogP contribution in [0.15, 0.2) is 0 Å². The van der Waals surface area contributed by atoms with Crippen LogP contribution in [0.2, 0.25) is 6.04 Å². The highest BCUT2D eigenvalue weighted by molar-refractivity contribution is 7.13. The molecule has 2 amide bonds. The predicted octanol–water partition coefficient (Wildman–Crippen LogP) is 1.63. The Hall–Kier alpha value is -0.613. The maximum atomic E-state index is 12.3. The number of rotatable bonds is 16. The van der Waals surface area contributed by atoms with E-state index in [-0.39, 0.29) is 11.8 Å². The minimum Gasteiger partial charge on any atom is -0.374 e. The molecule has 0 aromatic heterocycles. The van der Waals surface area contributed by atoms with Gasteiger partial charge in [0.05, 0.1) is 0 Å². The van der Waals surface area contributed by atoms with Crippen LogP contribution >= 0.6 is 9.39 Å². The third-order valence-corrected chi connectivity index (χ3v) is 6.91. The Bertz CT molecular complexity index is 393. The Labute approximate surface area is 180 Å². The summed E-state index contributed by atoms with van der Waals surface area (Å²) < 4.78 is 17.5. The van der Waals surface area contributed by atoms with Gasteiger partial charge in [-0.25, -0.2) is 4.79 Å². The molecular weight excluding hydrogens is 411 g/mol. The smallest absolute Gasteiger partial charge is 0.374 e. The molecule has 1 unspecified atom stereocenters. The van der Waals surface area contributed by atoms with E-state index >= 15 is 0 Å². The van der Waals surface area contributed by atoms with Crippen molar-refractivity contribution in [3.8, 4) is 0 Å². The number of ketones is 1. The number of likely N-dealkylation sites (N-methyl/N-ethyl adjacent to an activating group) is 1. The third-order valence-electron chi connectivity index (χ3n) is 3.47. The highest BCUT2D eigenvalue weighted by Gasteiger charge is 2.39. The van der Waals surface area contributed by atoms with Gasteiger partial charge in [-0.3, -0.25) is 5.09 Å². The molecule has 0 heterocycles. The van der Waals surface area contributed by atoms with Crippen molar-refractivity contribution in [1.82, 2.24) is 20.6 Å². The Balaban J connectivity index is 0. The molecular formula is C18H43N4O5PSi. The summed E-state index contributed by atoms with van der Waals surface area (Å²) in [6.45, 7) is 14.0. The van der Waals surface area contributed by atoms with Gasteiger partial charge < -0.3 is 33.6 Å². The third kappa shape index (κ3) is 17.9. The topological polar surface area (TPSA) is 101 Å². The highest BCUT2D eigenvalue weighted by atomic mass is 31.0. The molecule has 174 valence electrons. The van der Waals surface area contributed by atoms with Crippen LogP contribution in [-0.4, -0.2) is 85.1 Å². The molecule has 0 aliphatic rings. The molecule has 0 aliphatic heterocycles. The fourth-order valence-corrected chi connectivity index (χ4v) is 5.12. The van der Waals surface area contributed by atoms with Gasteiger partial charge in [0.15, 0.2) is 0 Å². The van der Waals surface area contributed by atoms with Crippen molar-refractivity contribution in [2.75, 3.05) is 59.6 Å². The minimum absolute atomic E-state index is 0.0491. The zero-order valence-electron chi connectivity index (χ0n) is 19.1. The van der Waals surface area contributed by atoms with E-state index in [2.05, 4.69) is 25.1 Å². The Morgan fingerprint density at radius 2 is 1.41 bits per heavy atom. The van der Waals surface area contributed by atoms with Crippen LogP contribution in [-0.2, 0) is 18.1 Å². The van der Waals surface area contributed by atoms with Gasteiger partial charge in [0.2, 0.25) is 0 Å². The number of amides is 2. The summed E-state index contributed by atoms with van der Waals surface area (Å²) in [6.07, 6.45) is 0.764. The maximum Gasteiger partial charge on any atom is 0.500 e. The van der Waals surface area contributed by atoms with Crippen LogP contribution in [0.5, 0.6) is 0 Å². The van der Waals surface area contributed by atoms with Gasteiger partial charge in [-0.05, 0) is 48.1 Å². The van der Waals surface area contributed by atoms with Crippen LogP contribution in [0.4, 0.5) is 4.79 Å². The minimum atomic E-state index is -2.62. The number of carbonyl (C=O) groups excluding carboxylic acids is 2.